The number of carboxylic acid groups (broad SMARTS) is 1. The predicted octanol–water partition coefficient (Wildman–Crippen LogP) is 0.735. The Balaban J connectivity index is 2.37. The van der Waals surface area contributed by atoms with Gasteiger partial charge in [-0.3, -0.25) is 9.59 Å². The lowest BCUT2D eigenvalue weighted by molar-refractivity contribution is -0.142. The van der Waals surface area contributed by atoms with E-state index in [4.69, 9.17) is 9.84 Å². The second-order valence-electron chi connectivity index (χ2n) is 5.06. The molecule has 1 heterocycles. The van der Waals surface area contributed by atoms with Crippen molar-refractivity contribution in [3.63, 3.8) is 0 Å². The summed E-state index contributed by atoms with van der Waals surface area (Å²) in [6.45, 7) is 6.49. The first kappa shape index (κ1) is 13.0. The molecule has 0 radical (unpaired) electrons. The Bertz CT molecular complexity index is 282. The van der Waals surface area contributed by atoms with E-state index in [0.29, 0.717) is 19.5 Å². The van der Waals surface area contributed by atoms with Crippen molar-refractivity contribution >= 4 is 11.9 Å². The first-order valence-electron chi connectivity index (χ1n) is 5.44. The highest BCUT2D eigenvalue weighted by atomic mass is 16.5. The number of hydrogen-bond donors (Lipinski definition) is 1. The van der Waals surface area contributed by atoms with Gasteiger partial charge in [0.05, 0.1) is 11.5 Å². The van der Waals surface area contributed by atoms with Crippen molar-refractivity contribution in [2.24, 2.45) is 5.92 Å². The van der Waals surface area contributed by atoms with Gasteiger partial charge in [-0.1, -0.05) is 0 Å². The van der Waals surface area contributed by atoms with Crippen molar-refractivity contribution in [3.8, 4) is 0 Å². The second-order valence-corrected chi connectivity index (χ2v) is 5.06. The summed E-state index contributed by atoms with van der Waals surface area (Å²) in [5, 5.41) is 8.80. The summed E-state index contributed by atoms with van der Waals surface area (Å²) in [4.78, 5) is 23.9. The molecule has 1 N–H and O–H groups in total. The summed E-state index contributed by atoms with van der Waals surface area (Å²) in [5.41, 5.74) is -0.346. The molecule has 0 bridgehead atoms. The SMILES string of the molecule is CC(C)(C)OCC(=O)N1CCC(C(=O)O)C1. The fourth-order valence-electron chi connectivity index (χ4n) is 1.56. The summed E-state index contributed by atoms with van der Waals surface area (Å²) in [6, 6.07) is 0. The van der Waals surface area contributed by atoms with Crippen LogP contribution < -0.4 is 0 Å². The van der Waals surface area contributed by atoms with Crippen LogP contribution in [0.3, 0.4) is 0 Å². The summed E-state index contributed by atoms with van der Waals surface area (Å²) in [6.07, 6.45) is 0.538. The van der Waals surface area contributed by atoms with E-state index >= 15 is 0 Å². The third-order valence-corrected chi connectivity index (χ3v) is 2.52. The van der Waals surface area contributed by atoms with Gasteiger partial charge in [-0.25, -0.2) is 0 Å². The molecule has 1 saturated heterocycles. The van der Waals surface area contributed by atoms with Gasteiger partial charge in [0.15, 0.2) is 0 Å². The lowest BCUT2D eigenvalue weighted by Crippen LogP contribution is -2.35. The first-order valence-corrected chi connectivity index (χ1v) is 5.44. The number of nitrogens with zero attached hydrogens (tertiary/aromatic N) is 1. The van der Waals surface area contributed by atoms with Crippen LogP contribution in [-0.4, -0.2) is 47.2 Å². The lowest BCUT2D eigenvalue weighted by atomic mass is 10.1. The first-order chi connectivity index (χ1) is 7.29. The van der Waals surface area contributed by atoms with Crippen molar-refractivity contribution < 1.29 is 19.4 Å². The fourth-order valence-corrected chi connectivity index (χ4v) is 1.56. The quantitative estimate of drug-likeness (QED) is 0.775. The minimum atomic E-state index is -0.827. The van der Waals surface area contributed by atoms with Gasteiger partial charge in [-0.05, 0) is 27.2 Å². The van der Waals surface area contributed by atoms with E-state index in [1.54, 1.807) is 4.90 Å². The maximum atomic E-state index is 11.7. The smallest absolute Gasteiger partial charge is 0.308 e. The summed E-state index contributed by atoms with van der Waals surface area (Å²) in [7, 11) is 0. The van der Waals surface area contributed by atoms with Crippen LogP contribution in [0.15, 0.2) is 0 Å². The second kappa shape index (κ2) is 4.82. The van der Waals surface area contributed by atoms with Gasteiger partial charge < -0.3 is 14.7 Å². The van der Waals surface area contributed by atoms with E-state index in [1.165, 1.54) is 0 Å². The van der Waals surface area contributed by atoms with Crippen molar-refractivity contribution in [2.45, 2.75) is 32.8 Å². The van der Waals surface area contributed by atoms with Gasteiger partial charge in [0.2, 0.25) is 5.91 Å². The Morgan fingerprint density at radius 3 is 2.50 bits per heavy atom. The third kappa shape index (κ3) is 3.81. The molecule has 0 aliphatic carbocycles. The molecule has 5 heteroatoms. The molecule has 0 aromatic rings. The zero-order chi connectivity index (χ0) is 12.3. The van der Waals surface area contributed by atoms with E-state index in [0.717, 1.165) is 0 Å². The molecule has 16 heavy (non-hydrogen) atoms. The molecule has 92 valence electrons. The topological polar surface area (TPSA) is 66.8 Å². The largest absolute Gasteiger partial charge is 0.481 e. The van der Waals surface area contributed by atoms with Gasteiger partial charge in [0, 0.05) is 13.1 Å². The number of ether oxygens (including phenoxy) is 1. The molecule has 0 saturated carbocycles. The number of carbonyl (C=O) groups excluding carboxylic acids is 1. The molecule has 0 spiro atoms. The van der Waals surface area contributed by atoms with Crippen LogP contribution in [0.2, 0.25) is 0 Å². The van der Waals surface area contributed by atoms with Crippen LogP contribution in [0.5, 0.6) is 0 Å². The van der Waals surface area contributed by atoms with Crippen LogP contribution >= 0.6 is 0 Å². The number of likely N-dealkylation sites (tertiary alicyclic amines) is 1. The molecule has 0 aromatic carbocycles. The van der Waals surface area contributed by atoms with Gasteiger partial charge in [0.25, 0.3) is 0 Å². The van der Waals surface area contributed by atoms with E-state index in [-0.39, 0.29) is 18.1 Å². The van der Waals surface area contributed by atoms with Gasteiger partial charge in [0.1, 0.15) is 6.61 Å². The van der Waals surface area contributed by atoms with Crippen LogP contribution in [0, 0.1) is 5.92 Å². The van der Waals surface area contributed by atoms with Crippen molar-refractivity contribution in [2.75, 3.05) is 19.7 Å². The monoisotopic (exact) mass is 229 g/mol. The van der Waals surface area contributed by atoms with Gasteiger partial charge in [-0.2, -0.15) is 0 Å². The molecule has 1 unspecified atom stereocenters. The minimum Gasteiger partial charge on any atom is -0.481 e. The molecule has 5 nitrogen and oxygen atoms in total. The summed E-state index contributed by atoms with van der Waals surface area (Å²) >= 11 is 0. The molecule has 1 aliphatic rings. The highest BCUT2D eigenvalue weighted by molar-refractivity contribution is 5.79. The Morgan fingerprint density at radius 2 is 2.06 bits per heavy atom. The molecule has 1 rings (SSSR count). The van der Waals surface area contributed by atoms with E-state index in [9.17, 15) is 9.59 Å². The van der Waals surface area contributed by atoms with E-state index < -0.39 is 11.9 Å². The summed E-state index contributed by atoms with van der Waals surface area (Å²) in [5.74, 6) is -1.37. The number of carbonyl (C=O) groups is 2. The Morgan fingerprint density at radius 1 is 1.44 bits per heavy atom. The highest BCUT2D eigenvalue weighted by Crippen LogP contribution is 2.17. The van der Waals surface area contributed by atoms with E-state index in [1.807, 2.05) is 20.8 Å². The molecule has 1 fully saturated rings. The van der Waals surface area contributed by atoms with Crippen LogP contribution in [0.4, 0.5) is 0 Å². The standard InChI is InChI=1S/C11H19NO4/c1-11(2,3)16-7-9(13)12-5-4-8(6-12)10(14)15/h8H,4-7H2,1-3H3,(H,14,15). The molecular weight excluding hydrogens is 210 g/mol. The maximum Gasteiger partial charge on any atom is 0.308 e. The number of hydrogen-bond acceptors (Lipinski definition) is 3. The Labute approximate surface area is 95.4 Å². The predicted molar refractivity (Wildman–Crippen MR) is 58.0 cm³/mol. The normalized spacial score (nSPS) is 21.2. The molecule has 0 aromatic heterocycles. The lowest BCUT2D eigenvalue weighted by Gasteiger charge is -2.22. The van der Waals surface area contributed by atoms with Gasteiger partial charge in [-0.15, -0.1) is 0 Å². The number of amides is 1. The maximum absolute atomic E-state index is 11.7. The van der Waals surface area contributed by atoms with Crippen LogP contribution in [-0.2, 0) is 14.3 Å². The molecule has 1 aliphatic heterocycles. The molecule has 1 atom stereocenters. The van der Waals surface area contributed by atoms with Crippen molar-refractivity contribution in [1.29, 1.82) is 0 Å². The zero-order valence-electron chi connectivity index (χ0n) is 10.0. The highest BCUT2D eigenvalue weighted by Gasteiger charge is 2.31. The summed E-state index contributed by atoms with van der Waals surface area (Å²) < 4.78 is 5.36. The minimum absolute atomic E-state index is 0.0236. The fraction of sp³-hybridized carbons (Fsp3) is 0.818. The molecular formula is C11H19NO4. The number of aliphatic carboxylic acids is 1. The van der Waals surface area contributed by atoms with E-state index in [2.05, 4.69) is 0 Å². The number of carboxylic acids is 1. The number of rotatable bonds is 3. The van der Waals surface area contributed by atoms with Crippen molar-refractivity contribution in [3.05, 3.63) is 0 Å². The Kier molecular flexibility index (Phi) is 3.91. The van der Waals surface area contributed by atoms with Crippen LogP contribution in [0.25, 0.3) is 0 Å². The average molecular weight is 229 g/mol. The van der Waals surface area contributed by atoms with Gasteiger partial charge >= 0.3 is 5.97 Å². The third-order valence-electron chi connectivity index (χ3n) is 2.52. The molecule has 1 amide bonds. The van der Waals surface area contributed by atoms with Crippen molar-refractivity contribution in [1.82, 2.24) is 4.90 Å². The average Bonchev–Trinajstić information content (AvgIpc) is 2.61. The van der Waals surface area contributed by atoms with Crippen LogP contribution in [0.1, 0.15) is 27.2 Å². The zero-order valence-corrected chi connectivity index (χ0v) is 10.0. The Hall–Kier alpha value is -1.10.